The maximum atomic E-state index is 12.2. The Morgan fingerprint density at radius 2 is 1.62 bits per heavy atom. The Morgan fingerprint density at radius 3 is 2.38 bits per heavy atom. The number of nitrogens with zero attached hydrogens (tertiary/aromatic N) is 1. The number of carbonyl (C=O) groups excluding carboxylic acids is 3. The summed E-state index contributed by atoms with van der Waals surface area (Å²) in [6, 6.07) is 19.4. The Kier molecular flexibility index (Phi) is 7.55. The Bertz CT molecular complexity index is 1160. The summed E-state index contributed by atoms with van der Waals surface area (Å²) in [6.07, 6.45) is 1.32. The highest BCUT2D eigenvalue weighted by Gasteiger charge is 2.13. The molecule has 0 aliphatic heterocycles. The summed E-state index contributed by atoms with van der Waals surface area (Å²) < 4.78 is 10.4. The van der Waals surface area contributed by atoms with E-state index in [0.717, 1.165) is 0 Å². The van der Waals surface area contributed by atoms with Gasteiger partial charge in [-0.3, -0.25) is 9.59 Å². The van der Waals surface area contributed by atoms with Crippen LogP contribution in [0.15, 0.2) is 77.9 Å². The minimum atomic E-state index is -0.950. The minimum Gasteiger partial charge on any atom is -0.497 e. The predicted octanol–water partition coefficient (Wildman–Crippen LogP) is 3.66. The van der Waals surface area contributed by atoms with Gasteiger partial charge in [-0.1, -0.05) is 29.8 Å². The number of amides is 2. The molecule has 0 aromatic heterocycles. The number of rotatable bonds is 6. The molecule has 9 heteroatoms. The van der Waals surface area contributed by atoms with Crippen LogP contribution < -0.4 is 20.2 Å². The lowest BCUT2D eigenvalue weighted by Crippen LogP contribution is -2.32. The van der Waals surface area contributed by atoms with Gasteiger partial charge in [0.15, 0.2) is 0 Å². The summed E-state index contributed by atoms with van der Waals surface area (Å²) in [7, 11) is 1.50. The lowest BCUT2D eigenvalue weighted by molar-refractivity contribution is -0.136. The molecule has 0 heterocycles. The summed E-state index contributed by atoms with van der Waals surface area (Å²) in [6.45, 7) is 0. The van der Waals surface area contributed by atoms with Crippen LogP contribution >= 0.6 is 11.6 Å². The number of nitrogens with one attached hydrogen (secondary N) is 2. The van der Waals surface area contributed by atoms with Crippen molar-refractivity contribution in [2.75, 3.05) is 12.4 Å². The van der Waals surface area contributed by atoms with Gasteiger partial charge < -0.3 is 14.8 Å². The van der Waals surface area contributed by atoms with E-state index in [1.165, 1.54) is 13.3 Å². The van der Waals surface area contributed by atoms with Gasteiger partial charge in [0.1, 0.15) is 11.5 Å². The van der Waals surface area contributed by atoms with Crippen LogP contribution in [0.5, 0.6) is 11.5 Å². The highest BCUT2D eigenvalue weighted by Crippen LogP contribution is 2.17. The average molecular weight is 452 g/mol. The fraction of sp³-hybridized carbons (Fsp3) is 0.0435. The molecule has 0 spiro atoms. The third-order valence-corrected chi connectivity index (χ3v) is 4.31. The van der Waals surface area contributed by atoms with Crippen LogP contribution in [0.1, 0.15) is 15.9 Å². The van der Waals surface area contributed by atoms with Gasteiger partial charge >= 0.3 is 17.8 Å². The normalized spacial score (nSPS) is 10.4. The first kappa shape index (κ1) is 22.5. The molecule has 2 amide bonds. The molecule has 0 aliphatic rings. The molecule has 3 aromatic carbocycles. The molecule has 0 fully saturated rings. The van der Waals surface area contributed by atoms with E-state index in [4.69, 9.17) is 21.1 Å². The zero-order valence-electron chi connectivity index (χ0n) is 16.9. The van der Waals surface area contributed by atoms with E-state index in [-0.39, 0.29) is 5.75 Å². The number of hydrogen-bond donors (Lipinski definition) is 2. The molecule has 0 saturated carbocycles. The van der Waals surface area contributed by atoms with Crippen molar-refractivity contribution in [2.24, 2.45) is 5.10 Å². The Labute approximate surface area is 188 Å². The Hall–Kier alpha value is -4.17. The van der Waals surface area contributed by atoms with Crippen molar-refractivity contribution in [1.82, 2.24) is 5.43 Å². The fourth-order valence-corrected chi connectivity index (χ4v) is 2.64. The molecule has 0 aliphatic carbocycles. The minimum absolute atomic E-state index is 0.288. The van der Waals surface area contributed by atoms with Crippen LogP contribution in [0.3, 0.4) is 0 Å². The SMILES string of the molecule is COc1cccc(NC(=O)C(=O)NN=Cc2cccc(OC(=O)c3ccc(Cl)cc3)c2)c1. The number of carbonyl (C=O) groups is 3. The predicted molar refractivity (Wildman–Crippen MR) is 120 cm³/mol. The quantitative estimate of drug-likeness (QED) is 0.195. The number of hydrazone groups is 1. The van der Waals surface area contributed by atoms with E-state index in [2.05, 4.69) is 15.8 Å². The van der Waals surface area contributed by atoms with Gasteiger partial charge in [0.05, 0.1) is 18.9 Å². The number of methoxy groups -OCH3 is 1. The molecular formula is C23H18ClN3O5. The van der Waals surface area contributed by atoms with E-state index in [0.29, 0.717) is 27.6 Å². The second kappa shape index (κ2) is 10.7. The lowest BCUT2D eigenvalue weighted by Gasteiger charge is -2.06. The van der Waals surface area contributed by atoms with Crippen molar-refractivity contribution in [2.45, 2.75) is 0 Å². The van der Waals surface area contributed by atoms with Gasteiger partial charge in [-0.05, 0) is 54.1 Å². The Balaban J connectivity index is 1.55. The largest absolute Gasteiger partial charge is 0.497 e. The third kappa shape index (κ3) is 6.41. The molecule has 0 saturated heterocycles. The van der Waals surface area contributed by atoms with E-state index in [9.17, 15) is 14.4 Å². The van der Waals surface area contributed by atoms with Crippen molar-refractivity contribution in [3.8, 4) is 11.5 Å². The van der Waals surface area contributed by atoms with Crippen molar-refractivity contribution >= 4 is 41.3 Å². The van der Waals surface area contributed by atoms with Gasteiger partial charge in [-0.25, -0.2) is 10.2 Å². The summed E-state index contributed by atoms with van der Waals surface area (Å²) in [5.74, 6) is -1.55. The van der Waals surface area contributed by atoms with Crippen LogP contribution in [0.4, 0.5) is 5.69 Å². The molecule has 0 atom stereocenters. The third-order valence-electron chi connectivity index (χ3n) is 4.06. The molecule has 0 radical (unpaired) electrons. The van der Waals surface area contributed by atoms with Gasteiger partial charge in [0.2, 0.25) is 0 Å². The number of hydrogen-bond acceptors (Lipinski definition) is 6. The van der Waals surface area contributed by atoms with Gasteiger partial charge in [-0.2, -0.15) is 5.10 Å². The van der Waals surface area contributed by atoms with Crippen molar-refractivity contribution in [3.63, 3.8) is 0 Å². The second-order valence-corrected chi connectivity index (χ2v) is 6.79. The highest BCUT2D eigenvalue weighted by molar-refractivity contribution is 6.39. The highest BCUT2D eigenvalue weighted by atomic mass is 35.5. The van der Waals surface area contributed by atoms with E-state index in [1.54, 1.807) is 72.8 Å². The molecule has 8 nitrogen and oxygen atoms in total. The lowest BCUT2D eigenvalue weighted by atomic mass is 10.2. The molecule has 3 aromatic rings. The van der Waals surface area contributed by atoms with Crippen molar-refractivity contribution in [3.05, 3.63) is 88.9 Å². The summed E-state index contributed by atoms with van der Waals surface area (Å²) in [4.78, 5) is 36.1. The summed E-state index contributed by atoms with van der Waals surface area (Å²) in [5, 5.41) is 6.72. The van der Waals surface area contributed by atoms with Crippen LogP contribution in [0.25, 0.3) is 0 Å². The Morgan fingerprint density at radius 1 is 0.906 bits per heavy atom. The first-order valence-electron chi connectivity index (χ1n) is 9.31. The molecule has 0 unspecified atom stereocenters. The zero-order chi connectivity index (χ0) is 22.9. The molecule has 0 bridgehead atoms. The smallest absolute Gasteiger partial charge is 0.343 e. The van der Waals surface area contributed by atoms with E-state index >= 15 is 0 Å². The van der Waals surface area contributed by atoms with Crippen molar-refractivity contribution < 1.29 is 23.9 Å². The fourth-order valence-electron chi connectivity index (χ4n) is 2.52. The maximum absolute atomic E-state index is 12.2. The summed E-state index contributed by atoms with van der Waals surface area (Å²) in [5.41, 5.74) is 3.44. The first-order valence-corrected chi connectivity index (χ1v) is 9.68. The van der Waals surface area contributed by atoms with E-state index in [1.807, 2.05) is 0 Å². The first-order chi connectivity index (χ1) is 15.4. The topological polar surface area (TPSA) is 106 Å². The molecule has 2 N–H and O–H groups in total. The van der Waals surface area contributed by atoms with Crippen molar-refractivity contribution in [1.29, 1.82) is 0 Å². The van der Waals surface area contributed by atoms with Crippen LogP contribution in [-0.4, -0.2) is 31.1 Å². The number of benzene rings is 3. The maximum Gasteiger partial charge on any atom is 0.343 e. The molecule has 3 rings (SSSR count). The number of esters is 1. The molecular weight excluding hydrogens is 434 g/mol. The average Bonchev–Trinajstić information content (AvgIpc) is 2.79. The van der Waals surface area contributed by atoms with Crippen LogP contribution in [0.2, 0.25) is 5.02 Å². The zero-order valence-corrected chi connectivity index (χ0v) is 17.6. The summed E-state index contributed by atoms with van der Waals surface area (Å²) >= 11 is 5.81. The molecule has 32 heavy (non-hydrogen) atoms. The number of halogens is 1. The standard InChI is InChI=1S/C23H18ClN3O5/c1-31-19-6-3-5-18(13-19)26-21(28)22(29)27-25-14-15-4-2-7-20(12-15)32-23(30)16-8-10-17(24)11-9-16/h2-14H,1H3,(H,26,28)(H,27,29). The van der Waals surface area contributed by atoms with Gasteiger partial charge in [0, 0.05) is 16.8 Å². The number of ether oxygens (including phenoxy) is 2. The van der Waals surface area contributed by atoms with Crippen LogP contribution in [0, 0.1) is 0 Å². The molecule has 162 valence electrons. The second-order valence-electron chi connectivity index (χ2n) is 6.35. The number of anilines is 1. The monoisotopic (exact) mass is 451 g/mol. The van der Waals surface area contributed by atoms with Gasteiger partial charge in [0.25, 0.3) is 0 Å². The van der Waals surface area contributed by atoms with E-state index < -0.39 is 17.8 Å². The van der Waals surface area contributed by atoms with Gasteiger partial charge in [-0.15, -0.1) is 0 Å². The van der Waals surface area contributed by atoms with Crippen LogP contribution in [-0.2, 0) is 9.59 Å².